The highest BCUT2D eigenvalue weighted by Crippen LogP contribution is 2.41. The Balaban J connectivity index is 0.000000356. The number of para-hydroxylation sites is 1. The number of hydrogen-bond acceptors (Lipinski definition) is 9. The first-order valence-electron chi connectivity index (χ1n) is 43.1. The number of H-pyrrole nitrogens is 1. The number of aryl methyl sites for hydroxylation is 2. The number of allylic oxidation sites excluding steroid dienone is 1. The van der Waals surface area contributed by atoms with Gasteiger partial charge in [-0.3, -0.25) is 24.7 Å². The van der Waals surface area contributed by atoms with Gasteiger partial charge in [0.25, 0.3) is 5.56 Å². The SMILES string of the molecule is C#Cc1c(C(C)(C)C)cc(C(C)(C)C)[nH]c1=O.C#Cc1c(N)nc(C(C)(C)C)c(C)c1C(C)(C)C.CC(C)(C)c1cc(C(C)(C)C)c2c(n1)C=CC2.CC(C)(C)c1cc(C(C)(C)C)c2ccccc2n1.CCc1c(C(C)(C)C)cc(C(C)(C)C)nc1N.Cc1cc(C(C)(C)C)cc(C(C)(C)C)n1.Cc1nc(C(C)(C)C)cc(C(C)(C)C)c1C. The molecular formula is C108H165N9O. The molecule has 0 fully saturated rings. The Morgan fingerprint density at radius 3 is 1.22 bits per heavy atom. The highest BCUT2D eigenvalue weighted by Gasteiger charge is 2.33. The molecule has 0 aliphatic heterocycles. The van der Waals surface area contributed by atoms with Crippen molar-refractivity contribution in [2.75, 3.05) is 11.5 Å². The van der Waals surface area contributed by atoms with Crippen molar-refractivity contribution in [2.45, 2.75) is 414 Å². The summed E-state index contributed by atoms with van der Waals surface area (Å²) in [4.78, 5) is 42.9. The second kappa shape index (κ2) is 37.4. The molecule has 10 nitrogen and oxygen atoms in total. The average Bonchev–Trinajstić information content (AvgIpc) is 1.51. The van der Waals surface area contributed by atoms with Crippen LogP contribution < -0.4 is 17.0 Å². The molecule has 0 atom stereocenters. The molecule has 1 aliphatic rings. The number of anilines is 2. The Bertz CT molecular complexity index is 4910. The van der Waals surface area contributed by atoms with Crippen molar-refractivity contribution in [3.63, 3.8) is 0 Å². The zero-order valence-electron chi connectivity index (χ0n) is 83.8. The first-order chi connectivity index (χ1) is 52.7. The topological polar surface area (TPSA) is 162 Å². The van der Waals surface area contributed by atoms with E-state index in [0.29, 0.717) is 17.2 Å². The van der Waals surface area contributed by atoms with E-state index in [-0.39, 0.29) is 81.4 Å². The maximum atomic E-state index is 12.0. The van der Waals surface area contributed by atoms with Crippen LogP contribution in [0.3, 0.4) is 0 Å². The average molecular weight is 1610 g/mol. The van der Waals surface area contributed by atoms with Crippen LogP contribution in [0.4, 0.5) is 11.6 Å². The van der Waals surface area contributed by atoms with Crippen molar-refractivity contribution < 1.29 is 0 Å². The molecule has 648 valence electrons. The number of nitrogens with two attached hydrogens (primary N) is 2. The second-order valence-corrected chi connectivity index (χ2v) is 47.3. The molecule has 1 aliphatic carbocycles. The van der Waals surface area contributed by atoms with Crippen LogP contribution in [0.25, 0.3) is 17.0 Å². The van der Waals surface area contributed by atoms with Crippen LogP contribution in [0.1, 0.15) is 427 Å². The number of nitrogens with zero attached hydrogens (tertiary/aromatic N) is 6. The summed E-state index contributed by atoms with van der Waals surface area (Å²) in [7, 11) is 0. The number of benzene rings is 1. The van der Waals surface area contributed by atoms with Crippen LogP contribution in [-0.2, 0) is 88.7 Å². The first-order valence-corrected chi connectivity index (χ1v) is 43.1. The third-order valence-corrected chi connectivity index (χ3v) is 21.3. The number of rotatable bonds is 1. The molecule has 0 saturated carbocycles. The van der Waals surface area contributed by atoms with Crippen molar-refractivity contribution in [1.82, 2.24) is 34.9 Å². The number of pyridine rings is 7. The molecule has 0 amide bonds. The van der Waals surface area contributed by atoms with Gasteiger partial charge in [0.1, 0.15) is 11.6 Å². The van der Waals surface area contributed by atoms with Crippen LogP contribution >= 0.6 is 0 Å². The fourth-order valence-corrected chi connectivity index (χ4v) is 14.1. The number of hydrogen-bond donors (Lipinski definition) is 3. The minimum atomic E-state index is -0.162. The zero-order valence-corrected chi connectivity index (χ0v) is 83.8. The minimum Gasteiger partial charge on any atom is -0.383 e. The van der Waals surface area contributed by atoms with Crippen molar-refractivity contribution in [3.8, 4) is 24.7 Å². The molecule has 7 aromatic heterocycles. The van der Waals surface area contributed by atoms with Gasteiger partial charge in [-0.15, -0.1) is 12.8 Å². The van der Waals surface area contributed by atoms with Gasteiger partial charge in [0, 0.05) is 88.8 Å². The number of aromatic amines is 1. The Kier molecular flexibility index (Phi) is 33.0. The molecule has 7 heterocycles. The zero-order chi connectivity index (χ0) is 92.1. The van der Waals surface area contributed by atoms with Crippen LogP contribution in [0.5, 0.6) is 0 Å². The van der Waals surface area contributed by atoms with E-state index in [4.69, 9.17) is 39.3 Å². The van der Waals surface area contributed by atoms with Crippen LogP contribution in [0.2, 0.25) is 0 Å². The van der Waals surface area contributed by atoms with Gasteiger partial charge in [-0.05, 0) is 194 Å². The van der Waals surface area contributed by atoms with E-state index in [1.54, 1.807) is 0 Å². The highest BCUT2D eigenvalue weighted by atomic mass is 16.1. The summed E-state index contributed by atoms with van der Waals surface area (Å²) in [5, 5.41) is 1.28. The maximum Gasteiger partial charge on any atom is 0.264 e. The summed E-state index contributed by atoms with van der Waals surface area (Å²) in [6, 6.07) is 24.0. The van der Waals surface area contributed by atoms with Gasteiger partial charge >= 0.3 is 0 Å². The maximum absolute atomic E-state index is 12.0. The number of nitrogen functional groups attached to an aromatic ring is 2. The van der Waals surface area contributed by atoms with E-state index in [1.165, 1.54) is 78.4 Å². The molecule has 0 unspecified atom stereocenters. The van der Waals surface area contributed by atoms with Crippen molar-refractivity contribution >= 4 is 28.6 Å². The summed E-state index contributed by atoms with van der Waals surface area (Å²) in [6.45, 7) is 103. The van der Waals surface area contributed by atoms with Gasteiger partial charge in [0.2, 0.25) is 0 Å². The number of fused-ring (bicyclic) bond motifs is 2. The monoisotopic (exact) mass is 1600 g/mol. The predicted octanol–water partition coefficient (Wildman–Crippen LogP) is 27.7. The largest absolute Gasteiger partial charge is 0.383 e. The van der Waals surface area contributed by atoms with Gasteiger partial charge < -0.3 is 16.5 Å². The van der Waals surface area contributed by atoms with Crippen molar-refractivity contribution in [3.05, 3.63) is 212 Å². The van der Waals surface area contributed by atoms with Crippen LogP contribution in [-0.4, -0.2) is 34.9 Å². The van der Waals surface area contributed by atoms with E-state index in [9.17, 15) is 4.79 Å². The van der Waals surface area contributed by atoms with Gasteiger partial charge in [0.05, 0.1) is 28.0 Å². The standard InChI is InChI=1S/C17H23N.C16H24N2.C16H23N.C15H26N2.C15H21NO.C15H25N.C14H23N/c1-16(2,3)13-11-15(17(4,5)6)18-14-10-8-7-9-12(13)14;1-9-11-12(15(3,4)5)10(2)13(16(6,7)8)18-14(11)17;1-15(2,3)12-10-14(16(4,5)6)17-13-9-7-8-11(12)13;1-8-10-11(14(2,3)4)9-12(15(5,6)7)17-13(10)16;1-8-10-11(14(2,3)4)9-12(15(5,6)7)16-13(10)17;1-10-11(2)16-13(15(6,7)8)9-12(10)14(3,4)5;1-10-8-11(13(2,3)4)9-12(15-10)14(5,6)7/h7-11H,1-6H3;1H,2-8H3,(H2,17,18);7,9-10H,8H2,1-6H3;9H,8H2,1-7H3,(H2,16,17);1,9H,2-7H3,(H,16,17);9H,1-8H3;8-9H,1-7H3. The lowest BCUT2D eigenvalue weighted by Gasteiger charge is -2.29. The summed E-state index contributed by atoms with van der Waals surface area (Å²) >= 11 is 0. The van der Waals surface area contributed by atoms with Gasteiger partial charge in [-0.25, -0.2) is 9.97 Å². The quantitative estimate of drug-likeness (QED) is 0.136. The molecule has 8 aromatic rings. The van der Waals surface area contributed by atoms with E-state index in [0.717, 1.165) is 69.1 Å². The molecule has 0 spiro atoms. The predicted molar refractivity (Wildman–Crippen MR) is 518 cm³/mol. The Morgan fingerprint density at radius 1 is 0.390 bits per heavy atom. The second-order valence-electron chi connectivity index (χ2n) is 47.3. The lowest BCUT2D eigenvalue weighted by molar-refractivity contribution is 0.545. The molecule has 118 heavy (non-hydrogen) atoms. The van der Waals surface area contributed by atoms with Gasteiger partial charge in [-0.2, -0.15) is 0 Å². The lowest BCUT2D eigenvalue weighted by atomic mass is 9.77. The summed E-state index contributed by atoms with van der Waals surface area (Å²) in [6.07, 6.45) is 17.4. The fourth-order valence-electron chi connectivity index (χ4n) is 14.1. The lowest BCUT2D eigenvalue weighted by Crippen LogP contribution is -2.26. The number of terminal acetylenes is 2. The number of nitrogens with one attached hydrogen (secondary N) is 1. The Labute approximate surface area is 721 Å². The molecule has 0 radical (unpaired) electrons. The van der Waals surface area contributed by atoms with Gasteiger partial charge in [-0.1, -0.05) is 334 Å². The third kappa shape index (κ3) is 28.7. The van der Waals surface area contributed by atoms with Crippen molar-refractivity contribution in [2.24, 2.45) is 0 Å². The van der Waals surface area contributed by atoms with Crippen LogP contribution in [0.15, 0.2) is 77.6 Å². The molecule has 0 saturated heterocycles. The molecule has 10 heteroatoms. The van der Waals surface area contributed by atoms with E-state index in [2.05, 4.69) is 430 Å². The van der Waals surface area contributed by atoms with E-state index < -0.39 is 0 Å². The molecule has 9 rings (SSSR count). The van der Waals surface area contributed by atoms with Crippen LogP contribution in [0, 0.1) is 52.4 Å². The fraction of sp³-hybridized carbons (Fsp3) is 0.583. The van der Waals surface area contributed by atoms with E-state index >= 15 is 0 Å². The number of aromatic nitrogens is 7. The first kappa shape index (κ1) is 104. The normalized spacial score (nSPS) is 13.1. The summed E-state index contributed by atoms with van der Waals surface area (Å²) in [5.41, 5.74) is 40.8. The summed E-state index contributed by atoms with van der Waals surface area (Å²) in [5.74, 6) is 6.38. The Hall–Kier alpha value is -8.21. The molecule has 0 bridgehead atoms. The molecule has 1 aromatic carbocycles. The Morgan fingerprint density at radius 2 is 0.805 bits per heavy atom. The van der Waals surface area contributed by atoms with Gasteiger partial charge in [0.15, 0.2) is 0 Å². The summed E-state index contributed by atoms with van der Waals surface area (Å²) < 4.78 is 0. The smallest absolute Gasteiger partial charge is 0.264 e. The highest BCUT2D eigenvalue weighted by molar-refractivity contribution is 5.83. The molecule has 5 N–H and O–H groups in total. The van der Waals surface area contributed by atoms with E-state index in [1.807, 2.05) is 6.07 Å². The molecular weight excluding hydrogens is 1440 g/mol. The minimum absolute atomic E-state index is 0.0364. The third-order valence-electron chi connectivity index (χ3n) is 21.3. The van der Waals surface area contributed by atoms with Crippen molar-refractivity contribution in [1.29, 1.82) is 0 Å².